The van der Waals surface area contributed by atoms with Gasteiger partial charge >= 0.3 is 0 Å². The minimum atomic E-state index is -3.76. The lowest BCUT2D eigenvalue weighted by Crippen LogP contribution is -2.43. The van der Waals surface area contributed by atoms with Gasteiger partial charge in [-0.3, -0.25) is 4.79 Å². The third-order valence-corrected chi connectivity index (χ3v) is 9.44. The van der Waals surface area contributed by atoms with Crippen LogP contribution >= 0.6 is 11.3 Å². The fraction of sp³-hybridized carbons (Fsp3) is 0.455. The van der Waals surface area contributed by atoms with Crippen LogP contribution in [-0.4, -0.2) is 46.8 Å². The Morgan fingerprint density at radius 2 is 2.09 bits per heavy atom. The zero-order valence-electron chi connectivity index (χ0n) is 18.2. The molecule has 4 heterocycles. The van der Waals surface area contributed by atoms with Gasteiger partial charge in [-0.05, 0) is 50.8 Å². The molecular weight excluding hydrogens is 462 g/mol. The van der Waals surface area contributed by atoms with Gasteiger partial charge < -0.3 is 9.84 Å². The van der Waals surface area contributed by atoms with Crippen molar-refractivity contribution in [1.29, 1.82) is 0 Å². The van der Waals surface area contributed by atoms with E-state index in [1.165, 1.54) is 22.1 Å². The third-order valence-electron chi connectivity index (χ3n) is 6.28. The van der Waals surface area contributed by atoms with E-state index in [4.69, 9.17) is 4.52 Å². The lowest BCUT2D eigenvalue weighted by atomic mass is 9.85. The van der Waals surface area contributed by atoms with Crippen molar-refractivity contribution in [1.82, 2.24) is 19.4 Å². The van der Waals surface area contributed by atoms with Crippen LogP contribution in [0.2, 0.25) is 0 Å². The predicted octanol–water partition coefficient (Wildman–Crippen LogP) is 3.81. The normalized spacial score (nSPS) is 19.8. The number of aromatic nitrogens is 3. The van der Waals surface area contributed by atoms with E-state index in [-0.39, 0.29) is 17.3 Å². The van der Waals surface area contributed by atoms with Gasteiger partial charge in [-0.15, -0.1) is 11.3 Å². The number of carbonyl (C=O) groups excluding carboxylic acids is 1. The molecule has 3 aromatic heterocycles. The van der Waals surface area contributed by atoms with Crippen molar-refractivity contribution < 1.29 is 17.7 Å². The van der Waals surface area contributed by atoms with Crippen LogP contribution in [0, 0.1) is 12.8 Å². The Balaban J connectivity index is 1.32. The van der Waals surface area contributed by atoms with E-state index in [0.717, 1.165) is 12.8 Å². The Bertz CT molecular complexity index is 1250. The standard InChI is InChI=1S/C22H25N5O4S2/c1-14-18(12-17(32-14)20-25-22(31-26-20)15-6-4-7-15)33(29,30)27-11-5-8-16(13-27)21(28)24-19-9-2-3-10-23-19/h2-3,9-10,12,15-16H,4-8,11,13H2,1H3,(H,23,24,28)/t16-/m0/s1. The second kappa shape index (κ2) is 8.96. The summed E-state index contributed by atoms with van der Waals surface area (Å²) in [6, 6.07) is 6.89. The monoisotopic (exact) mass is 487 g/mol. The van der Waals surface area contributed by atoms with E-state index in [0.29, 0.717) is 52.6 Å². The van der Waals surface area contributed by atoms with Crippen LogP contribution in [0.25, 0.3) is 10.7 Å². The first-order valence-electron chi connectivity index (χ1n) is 11.1. The molecule has 1 N–H and O–H groups in total. The lowest BCUT2D eigenvalue weighted by Gasteiger charge is -2.31. The number of thiophene rings is 1. The molecule has 0 unspecified atom stereocenters. The van der Waals surface area contributed by atoms with Gasteiger partial charge in [0.2, 0.25) is 27.6 Å². The van der Waals surface area contributed by atoms with Gasteiger partial charge in [-0.1, -0.05) is 17.6 Å². The average Bonchev–Trinajstić information content (AvgIpc) is 3.40. The maximum atomic E-state index is 13.5. The van der Waals surface area contributed by atoms with Gasteiger partial charge in [0, 0.05) is 30.1 Å². The summed E-state index contributed by atoms with van der Waals surface area (Å²) in [7, 11) is -3.76. The van der Waals surface area contributed by atoms with Gasteiger partial charge in [0.05, 0.1) is 15.7 Å². The number of anilines is 1. The van der Waals surface area contributed by atoms with Crippen molar-refractivity contribution in [2.24, 2.45) is 5.92 Å². The van der Waals surface area contributed by atoms with Crippen LogP contribution < -0.4 is 5.32 Å². The molecule has 1 atom stereocenters. The van der Waals surface area contributed by atoms with Crippen molar-refractivity contribution in [3.8, 4) is 10.7 Å². The average molecular weight is 488 g/mol. The van der Waals surface area contributed by atoms with Crippen LogP contribution in [0.4, 0.5) is 5.82 Å². The molecule has 0 aromatic carbocycles. The second-order valence-electron chi connectivity index (χ2n) is 8.52. The zero-order chi connectivity index (χ0) is 23.0. The maximum absolute atomic E-state index is 13.5. The molecule has 11 heteroatoms. The molecule has 174 valence electrons. The van der Waals surface area contributed by atoms with Crippen LogP contribution in [-0.2, 0) is 14.8 Å². The van der Waals surface area contributed by atoms with Gasteiger partial charge in [0.1, 0.15) is 5.82 Å². The Kier molecular flexibility index (Phi) is 6.02. The Morgan fingerprint density at radius 3 is 2.82 bits per heavy atom. The highest BCUT2D eigenvalue weighted by Gasteiger charge is 2.35. The number of sulfonamides is 1. The molecule has 1 saturated heterocycles. The number of carbonyl (C=O) groups is 1. The predicted molar refractivity (Wildman–Crippen MR) is 123 cm³/mol. The Morgan fingerprint density at radius 1 is 1.24 bits per heavy atom. The number of hydrogen-bond acceptors (Lipinski definition) is 8. The van der Waals surface area contributed by atoms with Gasteiger partial charge in [-0.2, -0.15) is 9.29 Å². The van der Waals surface area contributed by atoms with E-state index in [2.05, 4.69) is 20.4 Å². The molecule has 2 fully saturated rings. The summed E-state index contributed by atoms with van der Waals surface area (Å²) >= 11 is 1.34. The molecule has 5 rings (SSSR count). The first-order chi connectivity index (χ1) is 15.9. The highest BCUT2D eigenvalue weighted by Crippen LogP contribution is 2.38. The number of nitrogens with zero attached hydrogens (tertiary/aromatic N) is 4. The zero-order valence-corrected chi connectivity index (χ0v) is 19.9. The molecule has 2 aliphatic rings. The van der Waals surface area contributed by atoms with E-state index in [1.807, 2.05) is 0 Å². The number of amides is 1. The summed E-state index contributed by atoms with van der Waals surface area (Å²) in [6.07, 6.45) is 6.11. The molecule has 3 aromatic rings. The molecule has 0 bridgehead atoms. The summed E-state index contributed by atoms with van der Waals surface area (Å²) in [4.78, 5) is 22.9. The molecule has 1 aliphatic carbocycles. The first kappa shape index (κ1) is 22.2. The Labute approximate surface area is 196 Å². The molecular formula is C22H25N5O4S2. The second-order valence-corrected chi connectivity index (χ2v) is 11.7. The summed E-state index contributed by atoms with van der Waals surface area (Å²) < 4.78 is 33.8. The largest absolute Gasteiger partial charge is 0.339 e. The van der Waals surface area contributed by atoms with Crippen molar-refractivity contribution in [2.45, 2.75) is 49.8 Å². The maximum Gasteiger partial charge on any atom is 0.244 e. The van der Waals surface area contributed by atoms with Crippen molar-refractivity contribution in [3.05, 3.63) is 41.2 Å². The molecule has 1 amide bonds. The van der Waals surface area contributed by atoms with Crippen LogP contribution in [0.3, 0.4) is 0 Å². The highest BCUT2D eigenvalue weighted by atomic mass is 32.2. The number of rotatable bonds is 6. The van der Waals surface area contributed by atoms with E-state index in [9.17, 15) is 13.2 Å². The number of piperidine rings is 1. The first-order valence-corrected chi connectivity index (χ1v) is 13.3. The quantitative estimate of drug-likeness (QED) is 0.562. The molecule has 1 saturated carbocycles. The number of pyridine rings is 1. The van der Waals surface area contributed by atoms with Crippen molar-refractivity contribution >= 4 is 33.1 Å². The SMILES string of the molecule is Cc1sc(-c2noc(C3CCC3)n2)cc1S(=O)(=O)N1CCC[C@H](C(=O)Nc2ccccn2)C1. The Hall–Kier alpha value is -2.63. The summed E-state index contributed by atoms with van der Waals surface area (Å²) in [6.45, 7) is 2.30. The number of hydrogen-bond donors (Lipinski definition) is 1. The summed E-state index contributed by atoms with van der Waals surface area (Å²) in [5.74, 6) is 1.19. The third kappa shape index (κ3) is 4.44. The number of nitrogens with one attached hydrogen (secondary N) is 1. The topological polar surface area (TPSA) is 118 Å². The highest BCUT2D eigenvalue weighted by molar-refractivity contribution is 7.89. The van der Waals surface area contributed by atoms with Crippen LogP contribution in [0.5, 0.6) is 0 Å². The molecule has 0 radical (unpaired) electrons. The van der Waals surface area contributed by atoms with Crippen LogP contribution in [0.15, 0.2) is 39.9 Å². The fourth-order valence-corrected chi connectivity index (χ4v) is 7.18. The molecule has 9 nitrogen and oxygen atoms in total. The smallest absolute Gasteiger partial charge is 0.244 e. The van der Waals surface area contributed by atoms with Crippen LogP contribution in [0.1, 0.15) is 48.8 Å². The lowest BCUT2D eigenvalue weighted by molar-refractivity contribution is -0.120. The molecule has 33 heavy (non-hydrogen) atoms. The van der Waals surface area contributed by atoms with Gasteiger partial charge in [0.25, 0.3) is 0 Å². The van der Waals surface area contributed by atoms with E-state index >= 15 is 0 Å². The molecule has 1 aliphatic heterocycles. The summed E-state index contributed by atoms with van der Waals surface area (Å²) in [5, 5.41) is 6.86. The molecule has 0 spiro atoms. The van der Waals surface area contributed by atoms with Gasteiger partial charge in [0.15, 0.2) is 0 Å². The number of aryl methyl sites for hydroxylation is 1. The van der Waals surface area contributed by atoms with Gasteiger partial charge in [-0.25, -0.2) is 13.4 Å². The van der Waals surface area contributed by atoms with Crippen molar-refractivity contribution in [3.63, 3.8) is 0 Å². The minimum absolute atomic E-state index is 0.139. The minimum Gasteiger partial charge on any atom is -0.339 e. The van der Waals surface area contributed by atoms with Crippen molar-refractivity contribution in [2.75, 3.05) is 18.4 Å². The van der Waals surface area contributed by atoms with E-state index < -0.39 is 15.9 Å². The van der Waals surface area contributed by atoms with E-state index in [1.54, 1.807) is 37.4 Å². The fourth-order valence-electron chi connectivity index (χ4n) is 4.17. The summed E-state index contributed by atoms with van der Waals surface area (Å²) in [5.41, 5.74) is 0.